The van der Waals surface area contributed by atoms with Crippen molar-refractivity contribution >= 4 is 5.96 Å². The van der Waals surface area contributed by atoms with Crippen LogP contribution in [0.1, 0.15) is 16.7 Å². The number of nitrogens with one attached hydrogen (secondary N) is 1. The Morgan fingerprint density at radius 1 is 1.27 bits per heavy atom. The summed E-state index contributed by atoms with van der Waals surface area (Å²) in [5.41, 5.74) is 3.79. The molecule has 0 spiro atoms. The summed E-state index contributed by atoms with van der Waals surface area (Å²) in [5, 5.41) is 7.58. The van der Waals surface area contributed by atoms with Crippen molar-refractivity contribution in [1.82, 2.24) is 20.0 Å². The minimum Gasteiger partial charge on any atom is -0.356 e. The fourth-order valence-electron chi connectivity index (χ4n) is 2.35. The number of aryl methyl sites for hydroxylation is 2. The fraction of sp³-hybridized carbons (Fsp3) is 0.412. The fourth-order valence-corrected chi connectivity index (χ4v) is 2.35. The van der Waals surface area contributed by atoms with Gasteiger partial charge in [0.05, 0.1) is 6.20 Å². The lowest BCUT2D eigenvalue weighted by Crippen LogP contribution is -2.39. The molecule has 0 unspecified atom stereocenters. The maximum absolute atomic E-state index is 4.35. The van der Waals surface area contributed by atoms with Gasteiger partial charge < -0.3 is 10.2 Å². The third-order valence-corrected chi connectivity index (χ3v) is 3.57. The standard InChI is InChI=1S/C17H25N5/c1-14-5-7-15(8-6-14)12-21(3)17(18-2)19-10-9-16-11-20-22(4)13-16/h5-8,11,13H,9-10,12H2,1-4H3,(H,18,19). The first-order valence-corrected chi connectivity index (χ1v) is 7.53. The summed E-state index contributed by atoms with van der Waals surface area (Å²) in [6.07, 6.45) is 4.88. The highest BCUT2D eigenvalue weighted by Gasteiger charge is 2.06. The van der Waals surface area contributed by atoms with Gasteiger partial charge >= 0.3 is 0 Å². The molecule has 0 fully saturated rings. The SMILES string of the molecule is CN=C(NCCc1cnn(C)c1)N(C)Cc1ccc(C)cc1. The highest BCUT2D eigenvalue weighted by Crippen LogP contribution is 2.06. The first kappa shape index (κ1) is 16.1. The molecule has 1 aromatic carbocycles. The average molecular weight is 299 g/mol. The van der Waals surface area contributed by atoms with E-state index < -0.39 is 0 Å². The number of nitrogens with zero attached hydrogens (tertiary/aromatic N) is 4. The van der Waals surface area contributed by atoms with Crippen LogP contribution in [0.2, 0.25) is 0 Å². The molecule has 2 aromatic rings. The first-order chi connectivity index (χ1) is 10.6. The average Bonchev–Trinajstić information content (AvgIpc) is 2.91. The maximum Gasteiger partial charge on any atom is 0.193 e. The van der Waals surface area contributed by atoms with Crippen molar-refractivity contribution < 1.29 is 0 Å². The van der Waals surface area contributed by atoms with Gasteiger partial charge in [-0.2, -0.15) is 5.10 Å². The Balaban J connectivity index is 1.83. The van der Waals surface area contributed by atoms with Gasteiger partial charge in [-0.1, -0.05) is 29.8 Å². The Morgan fingerprint density at radius 3 is 2.59 bits per heavy atom. The number of hydrogen-bond donors (Lipinski definition) is 1. The van der Waals surface area contributed by atoms with E-state index >= 15 is 0 Å². The molecule has 0 radical (unpaired) electrons. The van der Waals surface area contributed by atoms with Crippen molar-refractivity contribution in [2.75, 3.05) is 20.6 Å². The van der Waals surface area contributed by atoms with E-state index in [9.17, 15) is 0 Å². The van der Waals surface area contributed by atoms with E-state index in [1.807, 2.05) is 31.2 Å². The Bertz CT molecular complexity index is 612. The quantitative estimate of drug-likeness (QED) is 0.678. The van der Waals surface area contributed by atoms with Crippen LogP contribution in [0.25, 0.3) is 0 Å². The van der Waals surface area contributed by atoms with E-state index in [4.69, 9.17) is 0 Å². The molecule has 1 heterocycles. The molecule has 22 heavy (non-hydrogen) atoms. The van der Waals surface area contributed by atoms with Crippen molar-refractivity contribution in [2.24, 2.45) is 12.0 Å². The van der Waals surface area contributed by atoms with Gasteiger partial charge in [0, 0.05) is 40.4 Å². The molecular weight excluding hydrogens is 274 g/mol. The summed E-state index contributed by atoms with van der Waals surface area (Å²) >= 11 is 0. The molecule has 0 saturated carbocycles. The van der Waals surface area contributed by atoms with Crippen LogP contribution in [0.5, 0.6) is 0 Å². The van der Waals surface area contributed by atoms with Crippen LogP contribution in [0.3, 0.4) is 0 Å². The van der Waals surface area contributed by atoms with Crippen LogP contribution >= 0.6 is 0 Å². The number of aliphatic imine (C=N–C) groups is 1. The van der Waals surface area contributed by atoms with E-state index in [0.717, 1.165) is 25.5 Å². The summed E-state index contributed by atoms with van der Waals surface area (Å²) in [5.74, 6) is 0.907. The van der Waals surface area contributed by atoms with Gasteiger partial charge in [0.1, 0.15) is 0 Å². The molecule has 1 N–H and O–H groups in total. The van der Waals surface area contributed by atoms with Gasteiger partial charge in [-0.3, -0.25) is 9.67 Å². The Hall–Kier alpha value is -2.30. The maximum atomic E-state index is 4.35. The Labute approximate surface area is 132 Å². The Kier molecular flexibility index (Phi) is 5.58. The largest absolute Gasteiger partial charge is 0.356 e. The molecule has 0 aliphatic heterocycles. The molecule has 2 rings (SSSR count). The van der Waals surface area contributed by atoms with Gasteiger partial charge in [-0.15, -0.1) is 0 Å². The second kappa shape index (κ2) is 7.64. The second-order valence-electron chi connectivity index (χ2n) is 5.59. The lowest BCUT2D eigenvalue weighted by molar-refractivity contribution is 0.477. The van der Waals surface area contributed by atoms with Crippen LogP contribution in [-0.4, -0.2) is 41.3 Å². The van der Waals surface area contributed by atoms with Gasteiger partial charge in [0.25, 0.3) is 0 Å². The lowest BCUT2D eigenvalue weighted by atomic mass is 10.1. The molecule has 0 saturated heterocycles. The number of guanidine groups is 1. The summed E-state index contributed by atoms with van der Waals surface area (Å²) in [7, 11) is 5.81. The predicted molar refractivity (Wildman–Crippen MR) is 90.9 cm³/mol. The summed E-state index contributed by atoms with van der Waals surface area (Å²) in [6.45, 7) is 3.79. The molecule has 0 aliphatic rings. The molecule has 0 aliphatic carbocycles. The van der Waals surface area contributed by atoms with Crippen molar-refractivity contribution in [3.05, 3.63) is 53.3 Å². The Morgan fingerprint density at radius 2 is 2.00 bits per heavy atom. The van der Waals surface area contributed by atoms with E-state index in [0.29, 0.717) is 0 Å². The number of hydrogen-bond acceptors (Lipinski definition) is 2. The molecular formula is C17H25N5. The second-order valence-corrected chi connectivity index (χ2v) is 5.59. The molecule has 0 atom stereocenters. The minimum absolute atomic E-state index is 0.840. The van der Waals surface area contributed by atoms with Crippen LogP contribution in [-0.2, 0) is 20.0 Å². The molecule has 1 aromatic heterocycles. The van der Waals surface area contributed by atoms with Crippen molar-refractivity contribution in [2.45, 2.75) is 19.9 Å². The molecule has 0 bridgehead atoms. The van der Waals surface area contributed by atoms with Crippen molar-refractivity contribution in [1.29, 1.82) is 0 Å². The van der Waals surface area contributed by atoms with E-state index in [-0.39, 0.29) is 0 Å². The van der Waals surface area contributed by atoms with Crippen molar-refractivity contribution in [3.63, 3.8) is 0 Å². The third kappa shape index (κ3) is 4.62. The zero-order valence-corrected chi connectivity index (χ0v) is 13.9. The highest BCUT2D eigenvalue weighted by molar-refractivity contribution is 5.79. The smallest absolute Gasteiger partial charge is 0.193 e. The molecule has 118 valence electrons. The molecule has 5 nitrogen and oxygen atoms in total. The molecule has 0 amide bonds. The lowest BCUT2D eigenvalue weighted by Gasteiger charge is -2.22. The predicted octanol–water partition coefficient (Wildman–Crippen LogP) is 1.98. The normalized spacial score (nSPS) is 11.5. The van der Waals surface area contributed by atoms with Gasteiger partial charge in [-0.25, -0.2) is 0 Å². The topological polar surface area (TPSA) is 45.5 Å². The highest BCUT2D eigenvalue weighted by atomic mass is 15.3. The van der Waals surface area contributed by atoms with Crippen LogP contribution in [0, 0.1) is 6.92 Å². The number of aromatic nitrogens is 2. The van der Waals surface area contributed by atoms with Crippen molar-refractivity contribution in [3.8, 4) is 0 Å². The zero-order chi connectivity index (χ0) is 15.9. The third-order valence-electron chi connectivity index (χ3n) is 3.57. The summed E-state index contributed by atoms with van der Waals surface area (Å²) in [6, 6.07) is 8.60. The first-order valence-electron chi connectivity index (χ1n) is 7.53. The van der Waals surface area contributed by atoms with Crippen LogP contribution in [0.4, 0.5) is 0 Å². The minimum atomic E-state index is 0.840. The van der Waals surface area contributed by atoms with Crippen LogP contribution in [0.15, 0.2) is 41.7 Å². The van der Waals surface area contributed by atoms with E-state index in [2.05, 4.69) is 58.5 Å². The summed E-state index contributed by atoms with van der Waals surface area (Å²) < 4.78 is 1.83. The van der Waals surface area contributed by atoms with E-state index in [1.165, 1.54) is 16.7 Å². The van der Waals surface area contributed by atoms with Gasteiger partial charge in [0.15, 0.2) is 5.96 Å². The van der Waals surface area contributed by atoms with E-state index in [1.54, 1.807) is 0 Å². The number of benzene rings is 1. The van der Waals surface area contributed by atoms with Crippen LogP contribution < -0.4 is 5.32 Å². The monoisotopic (exact) mass is 299 g/mol. The van der Waals surface area contributed by atoms with Gasteiger partial charge in [0.2, 0.25) is 0 Å². The summed E-state index contributed by atoms with van der Waals surface area (Å²) in [4.78, 5) is 6.48. The van der Waals surface area contributed by atoms with Gasteiger partial charge in [-0.05, 0) is 24.5 Å². The number of rotatable bonds is 5. The molecule has 5 heteroatoms. The zero-order valence-electron chi connectivity index (χ0n) is 13.9.